The molecule has 2 aromatic heterocycles. The molecule has 0 bridgehead atoms. The van der Waals surface area contributed by atoms with E-state index in [9.17, 15) is 14.4 Å². The number of hydrogen-bond acceptors (Lipinski definition) is 5. The van der Waals surface area contributed by atoms with Crippen molar-refractivity contribution in [1.29, 1.82) is 0 Å². The summed E-state index contributed by atoms with van der Waals surface area (Å²) in [5.41, 5.74) is 2.14. The molecule has 1 N–H and O–H groups in total. The van der Waals surface area contributed by atoms with Crippen LogP contribution in [0.4, 0.5) is 5.69 Å². The van der Waals surface area contributed by atoms with E-state index in [0.717, 1.165) is 11.3 Å². The van der Waals surface area contributed by atoms with Crippen LogP contribution in [-0.4, -0.2) is 44.2 Å². The quantitative estimate of drug-likeness (QED) is 0.457. The average molecular weight is 457 g/mol. The molecule has 9 heteroatoms. The van der Waals surface area contributed by atoms with Gasteiger partial charge in [-0.25, -0.2) is 9.67 Å². The largest absolute Gasteiger partial charge is 0.354 e. The van der Waals surface area contributed by atoms with Gasteiger partial charge in [0.05, 0.1) is 25.2 Å². The van der Waals surface area contributed by atoms with Gasteiger partial charge in [0.2, 0.25) is 11.8 Å². The smallest absolute Gasteiger partial charge is 0.264 e. The molecule has 1 fully saturated rings. The van der Waals surface area contributed by atoms with Crippen molar-refractivity contribution in [2.24, 2.45) is 5.92 Å². The van der Waals surface area contributed by atoms with Gasteiger partial charge in [0, 0.05) is 25.2 Å². The normalized spacial score (nSPS) is 15.7. The first-order valence-corrected chi connectivity index (χ1v) is 11.2. The second kappa shape index (κ2) is 9.30. The fourth-order valence-electron chi connectivity index (χ4n) is 4.22. The van der Waals surface area contributed by atoms with E-state index >= 15 is 0 Å². The Morgan fingerprint density at radius 1 is 1.03 bits per heavy atom. The minimum atomic E-state index is -0.398. The van der Waals surface area contributed by atoms with Crippen molar-refractivity contribution >= 4 is 28.5 Å². The molecule has 2 aromatic carbocycles. The number of aromatic nitrogens is 4. The minimum Gasteiger partial charge on any atom is -0.354 e. The molecule has 172 valence electrons. The molecule has 1 aliphatic heterocycles. The highest BCUT2D eigenvalue weighted by Gasteiger charge is 2.34. The summed E-state index contributed by atoms with van der Waals surface area (Å²) in [6.45, 7) is 1.49. The Morgan fingerprint density at radius 2 is 1.76 bits per heavy atom. The van der Waals surface area contributed by atoms with Crippen LogP contribution in [0.25, 0.3) is 11.0 Å². The maximum absolute atomic E-state index is 12.8. The number of nitrogens with zero attached hydrogens (tertiary/aromatic N) is 5. The highest BCUT2D eigenvalue weighted by atomic mass is 16.2. The number of fused-ring (bicyclic) bond motifs is 1. The van der Waals surface area contributed by atoms with Gasteiger partial charge in [-0.05, 0) is 17.7 Å². The van der Waals surface area contributed by atoms with Crippen molar-refractivity contribution < 1.29 is 9.59 Å². The van der Waals surface area contributed by atoms with Gasteiger partial charge in [-0.2, -0.15) is 5.10 Å². The van der Waals surface area contributed by atoms with E-state index in [1.807, 2.05) is 60.7 Å². The summed E-state index contributed by atoms with van der Waals surface area (Å²) in [5, 5.41) is 7.61. The van der Waals surface area contributed by atoms with Gasteiger partial charge in [0.15, 0.2) is 5.65 Å². The lowest BCUT2D eigenvalue weighted by molar-refractivity contribution is -0.126. The number of nitrogens with one attached hydrogen (secondary N) is 1. The summed E-state index contributed by atoms with van der Waals surface area (Å²) >= 11 is 0. The number of hydrogen-bond donors (Lipinski definition) is 1. The molecule has 1 atom stereocenters. The molecule has 0 saturated carbocycles. The minimum absolute atomic E-state index is 0.0552. The Bertz CT molecular complexity index is 1380. The molecule has 34 heavy (non-hydrogen) atoms. The van der Waals surface area contributed by atoms with Gasteiger partial charge >= 0.3 is 0 Å². The zero-order valence-electron chi connectivity index (χ0n) is 18.5. The Hall–Kier alpha value is -4.27. The second-order valence-corrected chi connectivity index (χ2v) is 8.30. The third-order valence-electron chi connectivity index (χ3n) is 6.00. The summed E-state index contributed by atoms with van der Waals surface area (Å²) in [5.74, 6) is -0.618. The van der Waals surface area contributed by atoms with Crippen molar-refractivity contribution in [2.75, 3.05) is 18.0 Å². The molecule has 2 amide bonds. The molecule has 5 rings (SSSR count). The molecule has 1 saturated heterocycles. The van der Waals surface area contributed by atoms with E-state index in [-0.39, 0.29) is 23.8 Å². The van der Waals surface area contributed by atoms with Gasteiger partial charge in [-0.3, -0.25) is 19.0 Å². The van der Waals surface area contributed by atoms with Crippen LogP contribution in [0.1, 0.15) is 12.0 Å². The predicted octanol–water partition coefficient (Wildman–Crippen LogP) is 1.81. The fourth-order valence-corrected chi connectivity index (χ4v) is 4.22. The number of para-hydroxylation sites is 1. The van der Waals surface area contributed by atoms with Crippen LogP contribution in [-0.2, 0) is 22.7 Å². The van der Waals surface area contributed by atoms with E-state index in [2.05, 4.69) is 15.4 Å². The Kier molecular flexibility index (Phi) is 5.90. The summed E-state index contributed by atoms with van der Waals surface area (Å²) in [6, 6.07) is 19.1. The number of carbonyl (C=O) groups is 2. The van der Waals surface area contributed by atoms with Crippen LogP contribution in [0, 0.1) is 5.92 Å². The van der Waals surface area contributed by atoms with Crippen molar-refractivity contribution in [1.82, 2.24) is 24.6 Å². The monoisotopic (exact) mass is 456 g/mol. The van der Waals surface area contributed by atoms with Crippen LogP contribution in [0.15, 0.2) is 78.0 Å². The Balaban J connectivity index is 1.20. The summed E-state index contributed by atoms with van der Waals surface area (Å²) in [6.07, 6.45) is 3.23. The van der Waals surface area contributed by atoms with E-state index < -0.39 is 5.92 Å². The summed E-state index contributed by atoms with van der Waals surface area (Å²) in [7, 11) is 0. The first kappa shape index (κ1) is 21.6. The van der Waals surface area contributed by atoms with Gasteiger partial charge in [0.1, 0.15) is 11.7 Å². The highest BCUT2D eigenvalue weighted by molar-refractivity contribution is 6.00. The van der Waals surface area contributed by atoms with Crippen molar-refractivity contribution in [2.45, 2.75) is 19.5 Å². The molecular formula is C25H24N6O3. The van der Waals surface area contributed by atoms with E-state index in [4.69, 9.17) is 0 Å². The Labute approximate surface area is 195 Å². The molecule has 0 radical (unpaired) electrons. The lowest BCUT2D eigenvalue weighted by Crippen LogP contribution is -2.35. The zero-order valence-corrected chi connectivity index (χ0v) is 18.5. The molecule has 0 spiro atoms. The SMILES string of the molecule is O=C(NCCn1ncc2c(=O)n(Cc3ccccc3)cnc21)C1CC(=O)N(c2ccccc2)C1. The third-order valence-corrected chi connectivity index (χ3v) is 6.00. The lowest BCUT2D eigenvalue weighted by atomic mass is 10.1. The predicted molar refractivity (Wildman–Crippen MR) is 127 cm³/mol. The van der Waals surface area contributed by atoms with Gasteiger partial charge in [0.25, 0.3) is 5.56 Å². The summed E-state index contributed by atoms with van der Waals surface area (Å²) < 4.78 is 3.17. The van der Waals surface area contributed by atoms with Gasteiger partial charge in [-0.15, -0.1) is 0 Å². The molecule has 9 nitrogen and oxygen atoms in total. The van der Waals surface area contributed by atoms with E-state index in [0.29, 0.717) is 37.2 Å². The topological polar surface area (TPSA) is 102 Å². The van der Waals surface area contributed by atoms with E-state index in [1.165, 1.54) is 12.5 Å². The van der Waals surface area contributed by atoms with Crippen molar-refractivity contribution in [3.05, 3.63) is 89.1 Å². The number of amides is 2. The molecule has 4 aromatic rings. The molecule has 3 heterocycles. The van der Waals surface area contributed by atoms with Gasteiger partial charge in [-0.1, -0.05) is 48.5 Å². The molecular weight excluding hydrogens is 432 g/mol. The number of benzene rings is 2. The first-order valence-electron chi connectivity index (χ1n) is 11.2. The van der Waals surface area contributed by atoms with Crippen LogP contribution >= 0.6 is 0 Å². The molecule has 1 aliphatic rings. The molecule has 1 unspecified atom stereocenters. The average Bonchev–Trinajstić information content (AvgIpc) is 3.46. The highest BCUT2D eigenvalue weighted by Crippen LogP contribution is 2.24. The number of carbonyl (C=O) groups excluding carboxylic acids is 2. The summed E-state index contributed by atoms with van der Waals surface area (Å²) in [4.78, 5) is 43.9. The standard InChI is InChI=1S/C25H24N6O3/c32-22-13-19(16-30(22)20-9-5-2-6-10-20)24(33)26-11-12-31-23-21(14-28-31)25(34)29(17-27-23)15-18-7-3-1-4-8-18/h1-10,14,17,19H,11-13,15-16H2,(H,26,33). The number of rotatable bonds is 7. The van der Waals surface area contributed by atoms with Crippen molar-refractivity contribution in [3.63, 3.8) is 0 Å². The van der Waals surface area contributed by atoms with Crippen LogP contribution in [0.3, 0.4) is 0 Å². The molecule has 0 aliphatic carbocycles. The zero-order chi connectivity index (χ0) is 23.5. The third kappa shape index (κ3) is 4.32. The maximum Gasteiger partial charge on any atom is 0.264 e. The first-order chi connectivity index (χ1) is 16.6. The van der Waals surface area contributed by atoms with Crippen LogP contribution in [0.2, 0.25) is 0 Å². The maximum atomic E-state index is 12.8. The van der Waals surface area contributed by atoms with Crippen LogP contribution < -0.4 is 15.8 Å². The van der Waals surface area contributed by atoms with Gasteiger partial charge < -0.3 is 10.2 Å². The van der Waals surface area contributed by atoms with Crippen LogP contribution in [0.5, 0.6) is 0 Å². The second-order valence-electron chi connectivity index (χ2n) is 8.30. The number of anilines is 1. The van der Waals surface area contributed by atoms with E-state index in [1.54, 1.807) is 14.1 Å². The van der Waals surface area contributed by atoms with Crippen molar-refractivity contribution in [3.8, 4) is 0 Å². The fraction of sp³-hybridized carbons (Fsp3) is 0.240. The lowest BCUT2D eigenvalue weighted by Gasteiger charge is -2.16. The Morgan fingerprint density at radius 3 is 2.53 bits per heavy atom.